The third-order valence-electron chi connectivity index (χ3n) is 0. The molecule has 0 aliphatic rings. The normalized spacial score (nSPS) is 9.67. The zero-order valence-corrected chi connectivity index (χ0v) is 7.58. The molecule has 0 bridgehead atoms. The molecular formula is CH4HfO3S. The van der Waals surface area contributed by atoms with E-state index in [2.05, 4.69) is 0 Å². The van der Waals surface area contributed by atoms with Crippen molar-refractivity contribution in [1.82, 2.24) is 0 Å². The minimum Gasteiger partial charge on any atom is -0.286 e. The van der Waals surface area contributed by atoms with Crippen molar-refractivity contribution < 1.29 is 38.8 Å². The van der Waals surface area contributed by atoms with Gasteiger partial charge in [-0.1, -0.05) is 0 Å². The van der Waals surface area contributed by atoms with Gasteiger partial charge in [0.25, 0.3) is 10.1 Å². The molecule has 0 aliphatic heterocycles. The predicted molar refractivity (Wildman–Crippen MR) is 17.5 cm³/mol. The van der Waals surface area contributed by atoms with E-state index in [4.69, 9.17) is 4.55 Å². The van der Waals surface area contributed by atoms with E-state index >= 15 is 0 Å². The van der Waals surface area contributed by atoms with Gasteiger partial charge in [0.1, 0.15) is 0 Å². The van der Waals surface area contributed by atoms with E-state index in [1.54, 1.807) is 0 Å². The van der Waals surface area contributed by atoms with Crippen LogP contribution in [-0.4, -0.2) is 19.2 Å². The quantitative estimate of drug-likeness (QED) is 0.479. The Bertz CT molecular complexity index is 94.0. The smallest absolute Gasteiger partial charge is 0.261 e. The summed E-state index contributed by atoms with van der Waals surface area (Å²) in [5.74, 6) is 0. The Kier molecular flexibility index (Phi) is 4.75. The van der Waals surface area contributed by atoms with Gasteiger partial charge in [0.15, 0.2) is 0 Å². The first kappa shape index (κ1) is 9.91. The molecule has 6 heavy (non-hydrogen) atoms. The van der Waals surface area contributed by atoms with Crippen molar-refractivity contribution in [1.29, 1.82) is 0 Å². The summed E-state index contributed by atoms with van der Waals surface area (Å²) in [6.45, 7) is 0. The Morgan fingerprint density at radius 3 is 1.50 bits per heavy atom. The summed E-state index contributed by atoms with van der Waals surface area (Å²) in [7, 11) is -3.67. The van der Waals surface area contributed by atoms with E-state index in [-0.39, 0.29) is 25.8 Å². The van der Waals surface area contributed by atoms with E-state index in [1.807, 2.05) is 0 Å². The van der Waals surface area contributed by atoms with E-state index in [1.165, 1.54) is 0 Å². The van der Waals surface area contributed by atoms with Crippen LogP contribution in [0.15, 0.2) is 0 Å². The maximum absolute atomic E-state index is 9.19. The molecule has 1 N–H and O–H groups in total. The summed E-state index contributed by atoms with van der Waals surface area (Å²) < 4.78 is 25.9. The van der Waals surface area contributed by atoms with E-state index in [9.17, 15) is 8.42 Å². The van der Waals surface area contributed by atoms with E-state index in [0.29, 0.717) is 6.26 Å². The topological polar surface area (TPSA) is 54.4 Å². The minimum atomic E-state index is -3.67. The molecule has 0 heterocycles. The van der Waals surface area contributed by atoms with Gasteiger partial charge in [-0.2, -0.15) is 8.42 Å². The summed E-state index contributed by atoms with van der Waals surface area (Å²) in [6, 6.07) is 0. The molecule has 0 fully saturated rings. The second-order valence-corrected chi connectivity index (χ2v) is 2.20. The molecule has 0 saturated carbocycles. The fraction of sp³-hybridized carbons (Fsp3) is 1.00. The zero-order valence-electron chi connectivity index (χ0n) is 3.17. The second kappa shape index (κ2) is 2.87. The van der Waals surface area contributed by atoms with Crippen LogP contribution >= 0.6 is 0 Å². The molecule has 0 atom stereocenters. The molecule has 0 aromatic heterocycles. The molecule has 0 amide bonds. The van der Waals surface area contributed by atoms with Gasteiger partial charge in [-0.25, -0.2) is 0 Å². The van der Waals surface area contributed by atoms with Crippen LogP contribution in [0.25, 0.3) is 0 Å². The third-order valence-corrected chi connectivity index (χ3v) is 0. The molecule has 5 heteroatoms. The fourth-order valence-electron chi connectivity index (χ4n) is 0. The molecule has 0 rings (SSSR count). The Hall–Kier alpha value is 0.780. The summed E-state index contributed by atoms with van der Waals surface area (Å²) in [6.07, 6.45) is 0.715. The number of rotatable bonds is 0. The van der Waals surface area contributed by atoms with Gasteiger partial charge in [0.05, 0.1) is 6.26 Å². The average Bonchev–Trinajstić information content (AvgIpc) is 0.722. The summed E-state index contributed by atoms with van der Waals surface area (Å²) in [4.78, 5) is 0. The van der Waals surface area contributed by atoms with Gasteiger partial charge in [0, 0.05) is 25.8 Å². The molecular weight excluding hydrogens is 271 g/mol. The van der Waals surface area contributed by atoms with Crippen LogP contribution in [0.4, 0.5) is 0 Å². The Labute approximate surface area is 55.3 Å². The number of hydrogen-bond acceptors (Lipinski definition) is 2. The first-order chi connectivity index (χ1) is 2.00. The molecule has 0 saturated heterocycles. The minimum absolute atomic E-state index is 0. The maximum Gasteiger partial charge on any atom is 0.261 e. The van der Waals surface area contributed by atoms with Crippen LogP contribution < -0.4 is 0 Å². The molecule has 0 radical (unpaired) electrons. The summed E-state index contributed by atoms with van der Waals surface area (Å²) in [5.41, 5.74) is 0. The van der Waals surface area contributed by atoms with E-state index in [0.717, 1.165) is 0 Å². The van der Waals surface area contributed by atoms with Crippen molar-refractivity contribution >= 4 is 10.1 Å². The van der Waals surface area contributed by atoms with Gasteiger partial charge in [0.2, 0.25) is 0 Å². The van der Waals surface area contributed by atoms with Crippen LogP contribution in [0.3, 0.4) is 0 Å². The Balaban J connectivity index is 0. The van der Waals surface area contributed by atoms with Gasteiger partial charge in [-0.15, -0.1) is 0 Å². The van der Waals surface area contributed by atoms with Gasteiger partial charge in [-0.3, -0.25) is 4.55 Å². The fourth-order valence-corrected chi connectivity index (χ4v) is 0. The standard InChI is InChI=1S/CH4O3S.Hf/c1-5(2,3)4;/h1H3,(H,2,3,4);. The van der Waals surface area contributed by atoms with Crippen LogP contribution in [0.1, 0.15) is 0 Å². The van der Waals surface area contributed by atoms with E-state index < -0.39 is 10.1 Å². The van der Waals surface area contributed by atoms with Crippen LogP contribution in [-0.2, 0) is 36.0 Å². The molecule has 0 aromatic carbocycles. The first-order valence-corrected chi connectivity index (χ1v) is 2.77. The Morgan fingerprint density at radius 2 is 1.50 bits per heavy atom. The van der Waals surface area contributed by atoms with Crippen molar-refractivity contribution in [2.24, 2.45) is 0 Å². The van der Waals surface area contributed by atoms with Crippen molar-refractivity contribution in [2.45, 2.75) is 0 Å². The van der Waals surface area contributed by atoms with Gasteiger partial charge >= 0.3 is 0 Å². The monoisotopic (exact) mass is 276 g/mol. The second-order valence-electron chi connectivity index (χ2n) is 0.733. The number of hydrogen-bond donors (Lipinski definition) is 1. The predicted octanol–water partition coefficient (Wildman–Crippen LogP) is -0.498. The third kappa shape index (κ3) is 112. The van der Waals surface area contributed by atoms with Gasteiger partial charge in [-0.05, 0) is 0 Å². The van der Waals surface area contributed by atoms with Crippen molar-refractivity contribution in [3.8, 4) is 0 Å². The van der Waals surface area contributed by atoms with Gasteiger partial charge < -0.3 is 0 Å². The summed E-state index contributed by atoms with van der Waals surface area (Å²) >= 11 is 0. The molecule has 0 aliphatic carbocycles. The molecule has 0 unspecified atom stereocenters. The van der Waals surface area contributed by atoms with Crippen LogP contribution in [0.2, 0.25) is 0 Å². The summed E-state index contributed by atoms with van der Waals surface area (Å²) in [5, 5.41) is 0. The van der Waals surface area contributed by atoms with Crippen molar-refractivity contribution in [2.75, 3.05) is 6.26 Å². The Morgan fingerprint density at radius 1 is 1.50 bits per heavy atom. The maximum atomic E-state index is 9.19. The zero-order chi connectivity index (χ0) is 4.50. The van der Waals surface area contributed by atoms with Crippen LogP contribution in [0, 0.1) is 0 Å². The SMILES string of the molecule is CS(=O)(=O)O.[Hf]. The molecule has 0 spiro atoms. The molecule has 3 nitrogen and oxygen atoms in total. The van der Waals surface area contributed by atoms with Crippen molar-refractivity contribution in [3.63, 3.8) is 0 Å². The molecule has 0 aromatic rings. The van der Waals surface area contributed by atoms with Crippen LogP contribution in [0.5, 0.6) is 0 Å². The molecule has 36 valence electrons. The first-order valence-electron chi connectivity index (χ1n) is 0.924. The average molecular weight is 275 g/mol. The largest absolute Gasteiger partial charge is 0.286 e. The van der Waals surface area contributed by atoms with Crippen molar-refractivity contribution in [3.05, 3.63) is 0 Å².